The van der Waals surface area contributed by atoms with Gasteiger partial charge in [0.15, 0.2) is 0 Å². The van der Waals surface area contributed by atoms with Crippen LogP contribution in [0.5, 0.6) is 0 Å². The van der Waals surface area contributed by atoms with Gasteiger partial charge < -0.3 is 0 Å². The first-order valence-electron chi connectivity index (χ1n) is 11.9. The summed E-state index contributed by atoms with van der Waals surface area (Å²) in [4.78, 5) is 13.9. The van der Waals surface area contributed by atoms with Gasteiger partial charge in [0.25, 0.3) is 0 Å². The molecule has 0 saturated carbocycles. The van der Waals surface area contributed by atoms with Crippen LogP contribution in [-0.2, 0) is 17.6 Å². The molecular weight excluding hydrogens is 503 g/mol. The summed E-state index contributed by atoms with van der Waals surface area (Å²) >= 11 is -2.26. The maximum absolute atomic E-state index is 13.9. The van der Waals surface area contributed by atoms with Gasteiger partial charge in [-0.3, -0.25) is 0 Å². The zero-order valence-corrected chi connectivity index (χ0v) is 20.8. The molecule has 1 nitrogen and oxygen atoms in total. The molecule has 1 fully saturated rings. The van der Waals surface area contributed by atoms with E-state index < -0.39 is 18.4 Å². The van der Waals surface area contributed by atoms with Crippen molar-refractivity contribution in [3.8, 4) is 0 Å². The number of fused-ring (bicyclic) bond motifs is 3. The fraction of sp³-hybridized carbons (Fsp3) is 0.300. The van der Waals surface area contributed by atoms with Crippen molar-refractivity contribution in [1.29, 1.82) is 0 Å². The Morgan fingerprint density at radius 1 is 0.781 bits per heavy atom. The van der Waals surface area contributed by atoms with Crippen LogP contribution in [0.1, 0.15) is 53.9 Å². The maximum atomic E-state index is 13.9. The number of alkyl halides is 2. The molecule has 2 heteroatoms. The monoisotopic (exact) mass is 533 g/mol. The van der Waals surface area contributed by atoms with Crippen LogP contribution in [0, 0.1) is 3.57 Å². The Bertz CT molecular complexity index is 1200. The molecule has 2 unspecified atom stereocenters. The van der Waals surface area contributed by atoms with E-state index in [-0.39, 0.29) is 5.92 Å². The number of hydrogen-bond acceptors (Lipinski definition) is 1. The van der Waals surface area contributed by atoms with Gasteiger partial charge in [-0.05, 0) is 0 Å². The number of halogens is 1. The van der Waals surface area contributed by atoms with E-state index in [1.807, 2.05) is 0 Å². The van der Waals surface area contributed by atoms with E-state index in [2.05, 4.69) is 85.8 Å². The summed E-state index contributed by atoms with van der Waals surface area (Å²) in [6.45, 7) is 2.20. The Morgan fingerprint density at radius 2 is 1.50 bits per heavy atom. The van der Waals surface area contributed by atoms with Crippen LogP contribution < -0.4 is 18.4 Å². The van der Waals surface area contributed by atoms with Crippen molar-refractivity contribution < 1.29 is 23.2 Å². The predicted octanol–water partition coefficient (Wildman–Crippen LogP) is 3.33. The topological polar surface area (TPSA) is 17.1 Å². The molecule has 3 aromatic carbocycles. The van der Waals surface area contributed by atoms with Crippen molar-refractivity contribution in [3.63, 3.8) is 0 Å². The fourth-order valence-electron chi connectivity index (χ4n) is 5.81. The molecule has 3 aromatic rings. The molecule has 0 aromatic heterocycles. The van der Waals surface area contributed by atoms with Gasteiger partial charge in [0, 0.05) is 0 Å². The van der Waals surface area contributed by atoms with Crippen LogP contribution in [0.2, 0.25) is 0 Å². The molecule has 2 aliphatic heterocycles. The van der Waals surface area contributed by atoms with Crippen molar-refractivity contribution in [2.24, 2.45) is 0 Å². The molecule has 6 rings (SSSR count). The summed E-state index contributed by atoms with van der Waals surface area (Å²) in [5.41, 5.74) is 6.78. The number of rotatable bonds is 3. The van der Waals surface area contributed by atoms with E-state index in [9.17, 15) is 4.79 Å². The molecule has 3 aliphatic rings. The SMILES string of the molecule is CCc1ccc(C2CC(=O)C3=C(C2)[I-]2(CC2)c2ccccc2CC3c2ccccc2)cc1. The van der Waals surface area contributed by atoms with E-state index in [0.29, 0.717) is 18.1 Å². The molecule has 0 bridgehead atoms. The fourth-order valence-corrected chi connectivity index (χ4v) is 17.9. The number of benzene rings is 3. The molecule has 2 heterocycles. The van der Waals surface area contributed by atoms with Crippen molar-refractivity contribution >= 4 is 5.78 Å². The van der Waals surface area contributed by atoms with E-state index in [1.54, 1.807) is 7.15 Å². The Hall–Kier alpha value is -2.20. The van der Waals surface area contributed by atoms with Crippen LogP contribution in [0.25, 0.3) is 0 Å². The Labute approximate surface area is 195 Å². The number of allylic oxidation sites excluding steroid dienone is 2. The van der Waals surface area contributed by atoms with Gasteiger partial charge in [-0.1, -0.05) is 0 Å². The predicted molar refractivity (Wildman–Crippen MR) is 128 cm³/mol. The van der Waals surface area contributed by atoms with Crippen LogP contribution in [0.3, 0.4) is 0 Å². The van der Waals surface area contributed by atoms with Crippen LogP contribution in [0.4, 0.5) is 0 Å². The summed E-state index contributed by atoms with van der Waals surface area (Å²) in [6.07, 6.45) is 3.81. The normalized spacial score (nSPS) is 24.5. The van der Waals surface area contributed by atoms with Crippen LogP contribution in [0.15, 0.2) is 88.0 Å². The minimum atomic E-state index is -2.26. The number of carbonyl (C=O) groups excluding carboxylic acids is 1. The molecular formula is C30H30IO-. The molecule has 1 aliphatic carbocycles. The first-order valence-corrected chi connectivity index (χ1v) is 17.1. The van der Waals surface area contributed by atoms with Gasteiger partial charge in [0.1, 0.15) is 0 Å². The Kier molecular flexibility index (Phi) is 5.09. The second-order valence-electron chi connectivity index (χ2n) is 9.40. The van der Waals surface area contributed by atoms with Crippen LogP contribution >= 0.6 is 0 Å². The third kappa shape index (κ3) is 3.30. The molecule has 2 atom stereocenters. The summed E-state index contributed by atoms with van der Waals surface area (Å²) in [7, 11) is 0. The number of carbonyl (C=O) groups is 1. The first-order chi connectivity index (χ1) is 15.7. The van der Waals surface area contributed by atoms with E-state index >= 15 is 0 Å². The van der Waals surface area contributed by atoms with Gasteiger partial charge in [-0.15, -0.1) is 0 Å². The summed E-state index contributed by atoms with van der Waals surface area (Å²) in [5.74, 6) is 0.981. The quantitative estimate of drug-likeness (QED) is 0.373. The number of Topliss-reactive ketones (excluding diaryl/α,β-unsaturated/α-hetero) is 1. The van der Waals surface area contributed by atoms with Gasteiger partial charge in [-0.2, -0.15) is 0 Å². The number of aryl methyl sites for hydroxylation is 1. The average molecular weight is 533 g/mol. The molecule has 164 valence electrons. The third-order valence-electron chi connectivity index (χ3n) is 7.64. The van der Waals surface area contributed by atoms with Gasteiger partial charge in [0.2, 0.25) is 0 Å². The van der Waals surface area contributed by atoms with Crippen molar-refractivity contribution in [2.75, 3.05) is 8.86 Å². The summed E-state index contributed by atoms with van der Waals surface area (Å²) in [6, 6.07) is 29.1. The zero-order valence-electron chi connectivity index (χ0n) is 18.7. The van der Waals surface area contributed by atoms with Crippen molar-refractivity contribution in [1.82, 2.24) is 0 Å². The first kappa shape index (κ1) is 20.4. The second kappa shape index (κ2) is 7.98. The number of ketones is 1. The summed E-state index contributed by atoms with van der Waals surface area (Å²) < 4.78 is 6.02. The summed E-state index contributed by atoms with van der Waals surface area (Å²) in [5, 5.41) is 0. The third-order valence-corrected chi connectivity index (χ3v) is 17.7. The van der Waals surface area contributed by atoms with Gasteiger partial charge in [-0.25, -0.2) is 0 Å². The van der Waals surface area contributed by atoms with Crippen molar-refractivity contribution in [2.45, 2.75) is 44.4 Å². The molecule has 1 spiro atoms. The van der Waals surface area contributed by atoms with E-state index in [4.69, 9.17) is 0 Å². The minimum absolute atomic E-state index is 0.215. The second-order valence-corrected chi connectivity index (χ2v) is 18.7. The van der Waals surface area contributed by atoms with E-state index in [0.717, 1.165) is 19.3 Å². The van der Waals surface area contributed by atoms with Gasteiger partial charge in [0.05, 0.1) is 0 Å². The van der Waals surface area contributed by atoms with Crippen molar-refractivity contribution in [3.05, 3.63) is 114 Å². The molecule has 0 N–H and O–H groups in total. The standard InChI is InChI=1S/C30H30IO/c1-2-21-12-14-22(15-13-21)25-19-28-30(29(32)20-25)26(23-8-4-3-5-9-23)18-24-10-6-7-11-27(24)31(28)16-17-31/h3-15,25-26H,2,16-20H2,1H3/q-1. The zero-order chi connectivity index (χ0) is 21.7. The molecule has 1 saturated heterocycles. The molecule has 32 heavy (non-hydrogen) atoms. The van der Waals surface area contributed by atoms with E-state index in [1.165, 1.54) is 36.7 Å². The Morgan fingerprint density at radius 3 is 2.22 bits per heavy atom. The number of hydrogen-bond donors (Lipinski definition) is 0. The van der Waals surface area contributed by atoms with Crippen LogP contribution in [-0.4, -0.2) is 14.6 Å². The average Bonchev–Trinajstić information content (AvgIpc) is 3.66. The molecule has 0 radical (unpaired) electrons. The Balaban J connectivity index is 1.50. The molecule has 0 amide bonds. The van der Waals surface area contributed by atoms with Gasteiger partial charge >= 0.3 is 196 Å².